The second-order valence-corrected chi connectivity index (χ2v) is 4.18. The van der Waals surface area contributed by atoms with Crippen molar-refractivity contribution in [3.63, 3.8) is 0 Å². The van der Waals surface area contributed by atoms with Crippen LogP contribution in [0, 0.1) is 0 Å². The summed E-state index contributed by atoms with van der Waals surface area (Å²) in [7, 11) is 0. The van der Waals surface area contributed by atoms with Gasteiger partial charge >= 0.3 is 6.09 Å². The number of nitrogens with one attached hydrogen (secondary N) is 1. The molecule has 2 amide bonds. The zero-order valence-corrected chi connectivity index (χ0v) is 11.7. The lowest BCUT2D eigenvalue weighted by Crippen LogP contribution is -2.37. The zero-order chi connectivity index (χ0) is 14.3. The van der Waals surface area contributed by atoms with E-state index in [0.29, 0.717) is 30.4 Å². The third kappa shape index (κ3) is 4.79. The summed E-state index contributed by atoms with van der Waals surface area (Å²) in [6.07, 6.45) is -0.495. The van der Waals surface area contributed by atoms with E-state index < -0.39 is 6.09 Å². The Kier molecular flexibility index (Phi) is 6.15. The van der Waals surface area contributed by atoms with Crippen LogP contribution in [0.25, 0.3) is 0 Å². The smallest absolute Gasteiger partial charge is 0.407 e. The van der Waals surface area contributed by atoms with Crippen molar-refractivity contribution in [3.8, 4) is 0 Å². The average molecular weight is 285 g/mol. The number of carbonyl (C=O) groups excluding carboxylic acids is 2. The van der Waals surface area contributed by atoms with E-state index in [0.717, 1.165) is 0 Å². The van der Waals surface area contributed by atoms with Gasteiger partial charge in [0, 0.05) is 20.0 Å². The topological polar surface area (TPSA) is 58.6 Å². The summed E-state index contributed by atoms with van der Waals surface area (Å²) >= 11 is 6.05. The van der Waals surface area contributed by atoms with Crippen LogP contribution in [0.3, 0.4) is 0 Å². The van der Waals surface area contributed by atoms with Gasteiger partial charge in [-0.15, -0.1) is 0 Å². The zero-order valence-electron chi connectivity index (χ0n) is 11.0. The highest BCUT2D eigenvalue weighted by atomic mass is 35.5. The lowest BCUT2D eigenvalue weighted by Gasteiger charge is -2.22. The minimum Gasteiger partial charge on any atom is -0.450 e. The molecular formula is C13H17ClN2O3. The Morgan fingerprint density at radius 1 is 1.37 bits per heavy atom. The second-order valence-electron chi connectivity index (χ2n) is 3.77. The maximum Gasteiger partial charge on any atom is 0.407 e. The summed E-state index contributed by atoms with van der Waals surface area (Å²) in [5, 5.41) is 3.05. The van der Waals surface area contributed by atoms with Crippen molar-refractivity contribution < 1.29 is 14.3 Å². The monoisotopic (exact) mass is 284 g/mol. The van der Waals surface area contributed by atoms with Gasteiger partial charge in [-0.3, -0.25) is 4.79 Å². The first kappa shape index (κ1) is 15.3. The van der Waals surface area contributed by atoms with Gasteiger partial charge in [-0.2, -0.15) is 0 Å². The van der Waals surface area contributed by atoms with Gasteiger partial charge in [0.15, 0.2) is 0 Å². The minimum absolute atomic E-state index is 0.140. The summed E-state index contributed by atoms with van der Waals surface area (Å²) in [6.45, 7) is 4.12. The molecule has 0 unspecified atom stereocenters. The lowest BCUT2D eigenvalue weighted by atomic mass is 10.3. The summed E-state index contributed by atoms with van der Waals surface area (Å²) in [5.41, 5.74) is 0.627. The van der Waals surface area contributed by atoms with E-state index in [1.54, 1.807) is 31.2 Å². The molecule has 0 saturated carbocycles. The van der Waals surface area contributed by atoms with Crippen LogP contribution in [-0.2, 0) is 9.53 Å². The summed E-state index contributed by atoms with van der Waals surface area (Å²) in [4.78, 5) is 24.3. The van der Waals surface area contributed by atoms with Gasteiger partial charge in [0.05, 0.1) is 17.3 Å². The van der Waals surface area contributed by atoms with Gasteiger partial charge in [-0.1, -0.05) is 23.7 Å². The fourth-order valence-corrected chi connectivity index (χ4v) is 1.81. The van der Waals surface area contributed by atoms with Crippen molar-refractivity contribution in [2.45, 2.75) is 13.8 Å². The molecule has 1 aromatic carbocycles. The van der Waals surface area contributed by atoms with E-state index in [1.165, 1.54) is 11.8 Å². The molecule has 0 aliphatic heterocycles. The van der Waals surface area contributed by atoms with Crippen LogP contribution in [0.1, 0.15) is 13.8 Å². The molecule has 0 bridgehead atoms. The number of alkyl carbamates (subject to hydrolysis) is 1. The van der Waals surface area contributed by atoms with Gasteiger partial charge in [-0.05, 0) is 19.1 Å². The maximum atomic E-state index is 11.6. The average Bonchev–Trinajstić information content (AvgIpc) is 2.36. The van der Waals surface area contributed by atoms with E-state index in [-0.39, 0.29) is 5.91 Å². The van der Waals surface area contributed by atoms with Crippen molar-refractivity contribution >= 4 is 29.3 Å². The molecule has 1 rings (SSSR count). The molecule has 1 aromatic rings. The lowest BCUT2D eigenvalue weighted by molar-refractivity contribution is -0.116. The molecule has 0 aliphatic rings. The first-order chi connectivity index (χ1) is 9.06. The van der Waals surface area contributed by atoms with Gasteiger partial charge in [0.2, 0.25) is 5.91 Å². The largest absolute Gasteiger partial charge is 0.450 e. The third-order valence-electron chi connectivity index (χ3n) is 2.40. The molecule has 0 aliphatic carbocycles. The Balaban J connectivity index is 2.63. The van der Waals surface area contributed by atoms with E-state index in [1.807, 2.05) is 0 Å². The molecule has 0 heterocycles. The molecular weight excluding hydrogens is 268 g/mol. The Labute approximate surface area is 117 Å². The number of rotatable bonds is 5. The summed E-state index contributed by atoms with van der Waals surface area (Å²) < 4.78 is 4.73. The van der Waals surface area contributed by atoms with Crippen molar-refractivity contribution in [2.75, 3.05) is 24.6 Å². The highest BCUT2D eigenvalue weighted by molar-refractivity contribution is 6.33. The number of halogens is 1. The van der Waals surface area contributed by atoms with Crippen LogP contribution in [0.5, 0.6) is 0 Å². The Hall–Kier alpha value is -1.75. The number of benzene rings is 1. The van der Waals surface area contributed by atoms with Crippen LogP contribution >= 0.6 is 11.6 Å². The maximum absolute atomic E-state index is 11.6. The first-order valence-electron chi connectivity index (χ1n) is 5.99. The highest BCUT2D eigenvalue weighted by Gasteiger charge is 2.14. The number of amides is 2. The molecule has 0 aromatic heterocycles. The number of carbonyl (C=O) groups is 2. The normalized spacial score (nSPS) is 9.84. The van der Waals surface area contributed by atoms with E-state index in [9.17, 15) is 9.59 Å². The van der Waals surface area contributed by atoms with Crippen molar-refractivity contribution in [1.29, 1.82) is 0 Å². The van der Waals surface area contributed by atoms with Gasteiger partial charge in [0.1, 0.15) is 0 Å². The predicted molar refractivity (Wildman–Crippen MR) is 74.5 cm³/mol. The van der Waals surface area contributed by atoms with Crippen LogP contribution in [0.2, 0.25) is 5.02 Å². The highest BCUT2D eigenvalue weighted by Crippen LogP contribution is 2.24. The molecule has 1 N–H and O–H groups in total. The van der Waals surface area contributed by atoms with Crippen LogP contribution in [-0.4, -0.2) is 31.7 Å². The third-order valence-corrected chi connectivity index (χ3v) is 2.72. The number of hydrogen-bond donors (Lipinski definition) is 1. The molecule has 5 nitrogen and oxygen atoms in total. The standard InChI is InChI=1S/C13H17ClN2O3/c1-3-19-13(18)15-8-9-16(10(2)17)12-7-5-4-6-11(12)14/h4-7H,3,8-9H2,1-2H3,(H,15,18). The number of anilines is 1. The summed E-state index contributed by atoms with van der Waals surface area (Å²) in [5.74, 6) is -0.140. The predicted octanol–water partition coefficient (Wildman–Crippen LogP) is 2.44. The molecule has 19 heavy (non-hydrogen) atoms. The number of para-hydroxylation sites is 1. The Morgan fingerprint density at radius 3 is 2.63 bits per heavy atom. The van der Waals surface area contributed by atoms with Gasteiger partial charge < -0.3 is 15.0 Å². The molecule has 0 radical (unpaired) electrons. The molecule has 0 atom stereocenters. The quantitative estimate of drug-likeness (QED) is 0.903. The summed E-state index contributed by atoms with van der Waals surface area (Å²) in [6, 6.07) is 7.07. The molecule has 6 heteroatoms. The van der Waals surface area contributed by atoms with Crippen molar-refractivity contribution in [1.82, 2.24) is 5.32 Å². The number of ether oxygens (including phenoxy) is 1. The van der Waals surface area contributed by atoms with Crippen molar-refractivity contribution in [3.05, 3.63) is 29.3 Å². The SMILES string of the molecule is CCOC(=O)NCCN(C(C)=O)c1ccccc1Cl. The number of nitrogens with zero attached hydrogens (tertiary/aromatic N) is 1. The van der Waals surface area contributed by atoms with E-state index in [2.05, 4.69) is 5.32 Å². The second kappa shape index (κ2) is 7.63. The fraction of sp³-hybridized carbons (Fsp3) is 0.385. The van der Waals surface area contributed by atoms with Crippen LogP contribution in [0.15, 0.2) is 24.3 Å². The first-order valence-corrected chi connectivity index (χ1v) is 6.37. The van der Waals surface area contributed by atoms with Gasteiger partial charge in [0.25, 0.3) is 0 Å². The molecule has 104 valence electrons. The molecule has 0 saturated heterocycles. The van der Waals surface area contributed by atoms with E-state index in [4.69, 9.17) is 16.3 Å². The van der Waals surface area contributed by atoms with Crippen molar-refractivity contribution in [2.24, 2.45) is 0 Å². The minimum atomic E-state index is -0.495. The number of hydrogen-bond acceptors (Lipinski definition) is 3. The van der Waals surface area contributed by atoms with Gasteiger partial charge in [-0.25, -0.2) is 4.79 Å². The van der Waals surface area contributed by atoms with E-state index >= 15 is 0 Å². The Bertz CT molecular complexity index is 451. The molecule has 0 spiro atoms. The molecule has 0 fully saturated rings. The Morgan fingerprint density at radius 2 is 2.05 bits per heavy atom. The van der Waals surface area contributed by atoms with Crippen LogP contribution < -0.4 is 10.2 Å². The fourth-order valence-electron chi connectivity index (χ4n) is 1.57. The van der Waals surface area contributed by atoms with Crippen LogP contribution in [0.4, 0.5) is 10.5 Å².